The molecule has 0 fully saturated rings. The second kappa shape index (κ2) is 2.29. The summed E-state index contributed by atoms with van der Waals surface area (Å²) in [5.41, 5.74) is 2.30. The van der Waals surface area contributed by atoms with Gasteiger partial charge in [-0.1, -0.05) is 0 Å². The molecule has 0 radical (unpaired) electrons. The van der Waals surface area contributed by atoms with Crippen LogP contribution >= 0.6 is 0 Å². The highest BCUT2D eigenvalue weighted by Crippen LogP contribution is 2.00. The van der Waals surface area contributed by atoms with Crippen LogP contribution < -0.4 is 0 Å². The lowest BCUT2D eigenvalue weighted by Gasteiger charge is -2.12. The third kappa shape index (κ3) is 1.37. The van der Waals surface area contributed by atoms with Gasteiger partial charge in [-0.15, -0.1) is 0 Å². The first-order valence-electron chi connectivity index (χ1n) is 3.24. The van der Waals surface area contributed by atoms with Gasteiger partial charge in [-0.2, -0.15) is 0 Å². The first-order chi connectivity index (χ1) is 4.20. The van der Waals surface area contributed by atoms with Crippen LogP contribution in [-0.4, -0.2) is 24.0 Å². The number of aliphatic imine (C=N–C) groups is 2. The van der Waals surface area contributed by atoms with E-state index in [1.165, 1.54) is 0 Å². The summed E-state index contributed by atoms with van der Waals surface area (Å²) in [7, 11) is 0. The first kappa shape index (κ1) is 6.46. The van der Waals surface area contributed by atoms with Gasteiger partial charge >= 0.3 is 0 Å². The van der Waals surface area contributed by atoms with E-state index in [4.69, 9.17) is 0 Å². The lowest BCUT2D eigenvalue weighted by Crippen LogP contribution is -2.20. The van der Waals surface area contributed by atoms with Gasteiger partial charge < -0.3 is 0 Å². The molecule has 0 aromatic rings. The molecule has 0 aliphatic carbocycles. The smallest absolute Gasteiger partial charge is 0.0845 e. The number of nitrogens with zero attached hydrogens (tertiary/aromatic N) is 2. The molecule has 9 heavy (non-hydrogen) atoms. The zero-order chi connectivity index (χ0) is 6.85. The Morgan fingerprint density at radius 2 is 2.11 bits per heavy atom. The molecular weight excluding hydrogens is 112 g/mol. The maximum atomic E-state index is 4.35. The summed E-state index contributed by atoms with van der Waals surface area (Å²) < 4.78 is 0. The molecule has 0 aromatic heterocycles. The molecule has 0 bridgehead atoms. The van der Waals surface area contributed by atoms with Gasteiger partial charge in [-0.3, -0.25) is 9.98 Å². The van der Waals surface area contributed by atoms with Crippen LogP contribution in [0.1, 0.15) is 20.8 Å². The minimum absolute atomic E-state index is 0.318. The second-order valence-corrected chi connectivity index (χ2v) is 2.50. The molecule has 50 valence electrons. The van der Waals surface area contributed by atoms with Gasteiger partial charge in [0.05, 0.1) is 12.6 Å². The summed E-state index contributed by atoms with van der Waals surface area (Å²) in [4.78, 5) is 8.63. The molecule has 0 spiro atoms. The normalized spacial score (nSPS) is 27.2. The van der Waals surface area contributed by atoms with Crippen LogP contribution in [-0.2, 0) is 0 Å². The van der Waals surface area contributed by atoms with Gasteiger partial charge in [0.1, 0.15) is 0 Å². The third-order valence-electron chi connectivity index (χ3n) is 1.58. The zero-order valence-electron chi connectivity index (χ0n) is 6.18. The van der Waals surface area contributed by atoms with Crippen LogP contribution in [0.15, 0.2) is 9.98 Å². The predicted octanol–water partition coefficient (Wildman–Crippen LogP) is 1.31. The third-order valence-corrected chi connectivity index (χ3v) is 1.58. The lowest BCUT2D eigenvalue weighted by molar-refractivity contribution is 0.925. The van der Waals surface area contributed by atoms with Crippen molar-refractivity contribution < 1.29 is 0 Å². The number of rotatable bonds is 0. The molecule has 0 aromatic carbocycles. The maximum absolute atomic E-state index is 4.35. The Hall–Kier alpha value is -0.660. The summed E-state index contributed by atoms with van der Waals surface area (Å²) in [5.74, 6) is 0. The van der Waals surface area contributed by atoms with E-state index in [9.17, 15) is 0 Å². The van der Waals surface area contributed by atoms with Crippen LogP contribution in [0.25, 0.3) is 0 Å². The first-order valence-corrected chi connectivity index (χ1v) is 3.24. The van der Waals surface area contributed by atoms with E-state index in [1.807, 2.05) is 13.8 Å². The van der Waals surface area contributed by atoms with Crippen LogP contribution in [0.4, 0.5) is 0 Å². The standard InChI is InChI=1S/C7H12N2/c1-5-4-8-6(2)7(3)9-5/h7H,4H2,1-3H3. The largest absolute Gasteiger partial charge is 0.286 e. The van der Waals surface area contributed by atoms with Gasteiger partial charge in [0, 0.05) is 11.4 Å². The molecule has 1 unspecified atom stereocenters. The fourth-order valence-electron chi connectivity index (χ4n) is 0.836. The number of hydrogen-bond acceptors (Lipinski definition) is 2. The van der Waals surface area contributed by atoms with Crippen LogP contribution in [0.3, 0.4) is 0 Å². The van der Waals surface area contributed by atoms with Crippen molar-refractivity contribution in [2.75, 3.05) is 6.54 Å². The Labute approximate surface area is 55.7 Å². The summed E-state index contributed by atoms with van der Waals surface area (Å²) in [6.07, 6.45) is 0. The maximum Gasteiger partial charge on any atom is 0.0845 e. The Balaban J connectivity index is 2.70. The molecule has 0 saturated heterocycles. The van der Waals surface area contributed by atoms with Crippen molar-refractivity contribution in [2.45, 2.75) is 26.8 Å². The van der Waals surface area contributed by atoms with Gasteiger partial charge in [-0.25, -0.2) is 0 Å². The Morgan fingerprint density at radius 3 is 2.56 bits per heavy atom. The van der Waals surface area contributed by atoms with Gasteiger partial charge in [0.15, 0.2) is 0 Å². The molecule has 1 aliphatic rings. The van der Waals surface area contributed by atoms with E-state index in [1.54, 1.807) is 0 Å². The van der Waals surface area contributed by atoms with Crippen molar-refractivity contribution in [1.82, 2.24) is 0 Å². The Kier molecular flexibility index (Phi) is 1.65. The monoisotopic (exact) mass is 124 g/mol. The molecule has 0 amide bonds. The van der Waals surface area contributed by atoms with Crippen molar-refractivity contribution in [3.8, 4) is 0 Å². The van der Waals surface area contributed by atoms with Gasteiger partial charge in [0.2, 0.25) is 0 Å². The van der Waals surface area contributed by atoms with Crippen LogP contribution in [0, 0.1) is 0 Å². The predicted molar refractivity (Wildman–Crippen MR) is 40.5 cm³/mol. The van der Waals surface area contributed by atoms with Gasteiger partial charge in [-0.05, 0) is 20.8 Å². The number of hydrogen-bond donors (Lipinski definition) is 0. The van der Waals surface area contributed by atoms with Crippen molar-refractivity contribution in [1.29, 1.82) is 0 Å². The Morgan fingerprint density at radius 1 is 1.44 bits per heavy atom. The molecule has 1 aliphatic heterocycles. The molecule has 2 heteroatoms. The molecule has 0 N–H and O–H groups in total. The zero-order valence-corrected chi connectivity index (χ0v) is 6.18. The molecule has 1 atom stereocenters. The molecular formula is C7H12N2. The van der Waals surface area contributed by atoms with Crippen LogP contribution in [0.2, 0.25) is 0 Å². The van der Waals surface area contributed by atoms with Crippen molar-refractivity contribution in [3.63, 3.8) is 0 Å². The van der Waals surface area contributed by atoms with E-state index in [2.05, 4.69) is 16.9 Å². The molecule has 2 nitrogen and oxygen atoms in total. The van der Waals surface area contributed by atoms with Crippen molar-refractivity contribution in [2.24, 2.45) is 9.98 Å². The highest BCUT2D eigenvalue weighted by Gasteiger charge is 2.07. The molecule has 1 rings (SSSR count). The highest BCUT2D eigenvalue weighted by atomic mass is 14.9. The minimum Gasteiger partial charge on any atom is -0.286 e. The fourth-order valence-corrected chi connectivity index (χ4v) is 0.836. The van der Waals surface area contributed by atoms with Gasteiger partial charge in [0.25, 0.3) is 0 Å². The minimum atomic E-state index is 0.318. The average Bonchev–Trinajstić information content (AvgIpc) is 1.80. The van der Waals surface area contributed by atoms with E-state index < -0.39 is 0 Å². The van der Waals surface area contributed by atoms with Crippen molar-refractivity contribution in [3.05, 3.63) is 0 Å². The average molecular weight is 124 g/mol. The van der Waals surface area contributed by atoms with E-state index in [-0.39, 0.29) is 0 Å². The fraction of sp³-hybridized carbons (Fsp3) is 0.714. The molecule has 0 saturated carbocycles. The van der Waals surface area contributed by atoms with Crippen LogP contribution in [0.5, 0.6) is 0 Å². The quantitative estimate of drug-likeness (QED) is 0.465. The van der Waals surface area contributed by atoms with E-state index in [0.717, 1.165) is 18.0 Å². The summed E-state index contributed by atoms with van der Waals surface area (Å²) in [6, 6.07) is 0.318. The summed E-state index contributed by atoms with van der Waals surface area (Å²) in [5, 5.41) is 0. The lowest BCUT2D eigenvalue weighted by atomic mass is 10.2. The van der Waals surface area contributed by atoms with E-state index in [0.29, 0.717) is 6.04 Å². The summed E-state index contributed by atoms with van der Waals surface area (Å²) in [6.45, 7) is 6.92. The van der Waals surface area contributed by atoms with E-state index >= 15 is 0 Å². The molecule has 1 heterocycles. The second-order valence-electron chi connectivity index (χ2n) is 2.50. The SMILES string of the molecule is CC1=NC(C)C(C)=NC1. The highest BCUT2D eigenvalue weighted by molar-refractivity contribution is 5.96. The summed E-state index contributed by atoms with van der Waals surface area (Å²) >= 11 is 0. The topological polar surface area (TPSA) is 24.7 Å². The van der Waals surface area contributed by atoms with Crippen molar-refractivity contribution >= 4 is 11.4 Å². The Bertz CT molecular complexity index is 168.